The maximum Gasteiger partial charge on any atom is 0.198 e. The molecule has 3 rings (SSSR count). The van der Waals surface area contributed by atoms with Crippen molar-refractivity contribution in [3.05, 3.63) is 58.6 Å². The van der Waals surface area contributed by atoms with Crippen molar-refractivity contribution in [3.63, 3.8) is 0 Å². The van der Waals surface area contributed by atoms with Gasteiger partial charge in [-0.25, -0.2) is 4.99 Å². The Morgan fingerprint density at radius 3 is 2.58 bits per heavy atom. The molecule has 0 atom stereocenters. The number of aryl methyl sites for hydroxylation is 1. The van der Waals surface area contributed by atoms with Crippen LogP contribution in [0.4, 0.5) is 5.69 Å². The highest BCUT2D eigenvalue weighted by atomic mass is 35.5. The number of nitrogens with zero attached hydrogens (tertiary/aromatic N) is 3. The summed E-state index contributed by atoms with van der Waals surface area (Å²) in [5.74, 6) is 1.11. The van der Waals surface area contributed by atoms with Crippen molar-refractivity contribution in [2.24, 2.45) is 4.99 Å². The number of nitrogens with one attached hydrogen (secondary N) is 1. The zero-order valence-corrected chi connectivity index (χ0v) is 16.0. The van der Waals surface area contributed by atoms with Gasteiger partial charge in [0, 0.05) is 36.9 Å². The van der Waals surface area contributed by atoms with Crippen molar-refractivity contribution < 1.29 is 5.11 Å². The Balaban J connectivity index is 1.83. The number of rotatable bonds is 3. The Morgan fingerprint density at radius 1 is 1.15 bits per heavy atom. The predicted molar refractivity (Wildman–Crippen MR) is 108 cm³/mol. The number of aromatic hydroxyl groups is 1. The van der Waals surface area contributed by atoms with Crippen LogP contribution >= 0.6 is 11.6 Å². The van der Waals surface area contributed by atoms with E-state index in [1.54, 1.807) is 12.1 Å². The lowest BCUT2D eigenvalue weighted by atomic mass is 10.2. The lowest BCUT2D eigenvalue weighted by molar-refractivity contribution is 0.215. The van der Waals surface area contributed by atoms with E-state index in [1.807, 2.05) is 37.3 Å². The molecule has 2 N–H and O–H groups in total. The third kappa shape index (κ3) is 4.68. The third-order valence-corrected chi connectivity index (χ3v) is 4.99. The van der Waals surface area contributed by atoms with Crippen molar-refractivity contribution in [3.8, 4) is 5.75 Å². The number of guanidine groups is 1. The van der Waals surface area contributed by atoms with Gasteiger partial charge in [-0.05, 0) is 49.4 Å². The topological polar surface area (TPSA) is 51.1 Å². The monoisotopic (exact) mass is 372 g/mol. The lowest BCUT2D eigenvalue weighted by Gasteiger charge is -2.35. The molecule has 1 aliphatic heterocycles. The summed E-state index contributed by atoms with van der Waals surface area (Å²) in [5.41, 5.74) is 2.93. The van der Waals surface area contributed by atoms with Crippen LogP contribution in [0, 0.1) is 6.92 Å². The Morgan fingerprint density at radius 2 is 1.88 bits per heavy atom. The maximum absolute atomic E-state index is 9.64. The molecule has 6 heteroatoms. The maximum atomic E-state index is 9.64. The number of hydrogen-bond donors (Lipinski definition) is 2. The SMILES string of the molecule is Cc1cc(O)ccc1NC(=NCc1ccccc1Cl)N1CCN(C)CC1. The highest BCUT2D eigenvalue weighted by molar-refractivity contribution is 6.31. The van der Waals surface area contributed by atoms with Crippen LogP contribution in [-0.2, 0) is 6.54 Å². The molecule has 1 heterocycles. The fraction of sp³-hybridized carbons (Fsp3) is 0.350. The zero-order valence-electron chi connectivity index (χ0n) is 15.2. The van der Waals surface area contributed by atoms with E-state index in [2.05, 4.69) is 22.2 Å². The predicted octanol–water partition coefficient (Wildman–Crippen LogP) is 3.57. The van der Waals surface area contributed by atoms with Crippen LogP contribution in [0.2, 0.25) is 5.02 Å². The Kier molecular flexibility index (Phi) is 6.01. The minimum atomic E-state index is 0.266. The van der Waals surface area contributed by atoms with Gasteiger partial charge in [0.25, 0.3) is 0 Å². The lowest BCUT2D eigenvalue weighted by Crippen LogP contribution is -2.49. The van der Waals surface area contributed by atoms with Crippen LogP contribution in [-0.4, -0.2) is 54.1 Å². The normalized spacial score (nSPS) is 16.0. The van der Waals surface area contributed by atoms with E-state index in [0.717, 1.165) is 54.0 Å². The largest absolute Gasteiger partial charge is 0.508 e. The first-order valence-electron chi connectivity index (χ1n) is 8.81. The Bertz CT molecular complexity index is 785. The minimum absolute atomic E-state index is 0.266. The van der Waals surface area contributed by atoms with E-state index in [4.69, 9.17) is 16.6 Å². The molecule has 138 valence electrons. The van der Waals surface area contributed by atoms with Crippen molar-refractivity contribution >= 4 is 23.2 Å². The average molecular weight is 373 g/mol. The summed E-state index contributed by atoms with van der Waals surface area (Å²) in [6.07, 6.45) is 0. The number of aliphatic imine (C=N–C) groups is 1. The number of likely N-dealkylation sites (N-methyl/N-ethyl adjacent to an activating group) is 1. The highest BCUT2D eigenvalue weighted by Crippen LogP contribution is 2.21. The molecule has 1 fully saturated rings. The van der Waals surface area contributed by atoms with E-state index in [0.29, 0.717) is 6.54 Å². The fourth-order valence-electron chi connectivity index (χ4n) is 2.93. The van der Waals surface area contributed by atoms with Crippen LogP contribution in [0.1, 0.15) is 11.1 Å². The van der Waals surface area contributed by atoms with Crippen molar-refractivity contribution in [1.29, 1.82) is 0 Å². The van der Waals surface area contributed by atoms with Crippen LogP contribution in [0.3, 0.4) is 0 Å². The molecule has 0 radical (unpaired) electrons. The molecular formula is C20H25ClN4O. The van der Waals surface area contributed by atoms with Crippen molar-refractivity contribution in [1.82, 2.24) is 9.80 Å². The van der Waals surface area contributed by atoms with Crippen LogP contribution in [0.5, 0.6) is 5.75 Å². The van der Waals surface area contributed by atoms with Gasteiger partial charge in [-0.3, -0.25) is 0 Å². The molecule has 0 aromatic heterocycles. The first-order chi connectivity index (χ1) is 12.5. The minimum Gasteiger partial charge on any atom is -0.508 e. The molecule has 0 bridgehead atoms. The summed E-state index contributed by atoms with van der Waals surface area (Å²) in [6, 6.07) is 13.1. The smallest absolute Gasteiger partial charge is 0.198 e. The van der Waals surface area contributed by atoms with Gasteiger partial charge < -0.3 is 20.2 Å². The van der Waals surface area contributed by atoms with E-state index in [-0.39, 0.29) is 5.75 Å². The second kappa shape index (κ2) is 8.43. The summed E-state index contributed by atoms with van der Waals surface area (Å²) in [5, 5.41) is 13.8. The molecular weight excluding hydrogens is 348 g/mol. The van der Waals surface area contributed by atoms with Crippen molar-refractivity contribution in [2.45, 2.75) is 13.5 Å². The number of piperazine rings is 1. The third-order valence-electron chi connectivity index (χ3n) is 4.62. The standard InChI is InChI=1S/C20H25ClN4O/c1-15-13-17(26)7-8-19(15)23-20(25-11-9-24(2)10-12-25)22-14-16-5-3-4-6-18(16)21/h3-8,13,26H,9-12,14H2,1-2H3,(H,22,23). The van der Waals surface area contributed by atoms with Gasteiger partial charge in [-0.1, -0.05) is 29.8 Å². The van der Waals surface area contributed by atoms with Crippen LogP contribution < -0.4 is 5.32 Å². The molecule has 5 nitrogen and oxygen atoms in total. The van der Waals surface area contributed by atoms with Gasteiger partial charge >= 0.3 is 0 Å². The summed E-state index contributed by atoms with van der Waals surface area (Å²) in [7, 11) is 2.13. The van der Waals surface area contributed by atoms with E-state index in [1.165, 1.54) is 0 Å². The number of halogens is 1. The summed E-state index contributed by atoms with van der Waals surface area (Å²) >= 11 is 6.28. The zero-order chi connectivity index (χ0) is 18.5. The van der Waals surface area contributed by atoms with Gasteiger partial charge in [0.05, 0.1) is 6.54 Å². The quantitative estimate of drug-likeness (QED) is 0.491. The molecule has 0 aliphatic carbocycles. The number of benzene rings is 2. The van der Waals surface area contributed by atoms with Crippen LogP contribution in [0.15, 0.2) is 47.5 Å². The fourth-order valence-corrected chi connectivity index (χ4v) is 3.13. The van der Waals surface area contributed by atoms with Gasteiger partial charge in [-0.15, -0.1) is 0 Å². The summed E-state index contributed by atoms with van der Waals surface area (Å²) in [6.45, 7) is 6.33. The second-order valence-electron chi connectivity index (χ2n) is 6.65. The van der Waals surface area contributed by atoms with Crippen LogP contribution in [0.25, 0.3) is 0 Å². The van der Waals surface area contributed by atoms with Gasteiger partial charge in [-0.2, -0.15) is 0 Å². The molecule has 2 aromatic carbocycles. The number of phenols is 1. The number of anilines is 1. The van der Waals surface area contributed by atoms with E-state index >= 15 is 0 Å². The highest BCUT2D eigenvalue weighted by Gasteiger charge is 2.18. The number of hydrogen-bond acceptors (Lipinski definition) is 3. The Hall–Kier alpha value is -2.24. The first-order valence-corrected chi connectivity index (χ1v) is 9.19. The number of phenolic OH excluding ortho intramolecular Hbond substituents is 1. The van der Waals surface area contributed by atoms with Gasteiger partial charge in [0.15, 0.2) is 5.96 Å². The second-order valence-corrected chi connectivity index (χ2v) is 7.05. The summed E-state index contributed by atoms with van der Waals surface area (Å²) < 4.78 is 0. The molecule has 1 saturated heterocycles. The van der Waals surface area contributed by atoms with E-state index in [9.17, 15) is 5.11 Å². The average Bonchev–Trinajstić information content (AvgIpc) is 2.62. The van der Waals surface area contributed by atoms with Gasteiger partial charge in [0.1, 0.15) is 5.75 Å². The molecule has 0 unspecified atom stereocenters. The summed E-state index contributed by atoms with van der Waals surface area (Å²) in [4.78, 5) is 9.41. The molecule has 0 saturated carbocycles. The van der Waals surface area contributed by atoms with E-state index < -0.39 is 0 Å². The molecule has 26 heavy (non-hydrogen) atoms. The molecule has 0 amide bonds. The molecule has 2 aromatic rings. The molecule has 1 aliphatic rings. The molecule has 0 spiro atoms. The van der Waals surface area contributed by atoms with Crippen molar-refractivity contribution in [2.75, 3.05) is 38.5 Å². The Labute approximate surface area is 159 Å². The first kappa shape index (κ1) is 18.5. The van der Waals surface area contributed by atoms with Gasteiger partial charge in [0.2, 0.25) is 0 Å².